The van der Waals surface area contributed by atoms with Gasteiger partial charge < -0.3 is 18.9 Å². The maximum Gasteiger partial charge on any atom is 0.199 e. The predicted octanol–water partition coefficient (Wildman–Crippen LogP) is 7.25. The highest BCUT2D eigenvalue weighted by Gasteiger charge is 2.30. The molecule has 1 aliphatic rings. The quantitative estimate of drug-likeness (QED) is 0.158. The van der Waals surface area contributed by atoms with Crippen molar-refractivity contribution in [3.8, 4) is 17.2 Å². The van der Waals surface area contributed by atoms with Crippen molar-refractivity contribution in [3.63, 3.8) is 0 Å². The third kappa shape index (κ3) is 7.25. The molecular formula is C34H31N2O4S+. The second kappa shape index (κ2) is 13.4. The standard InChI is InChI=1S/C34H31N2O4S/c1-3-19-35-26(8-1)24-38-29-10-5-12-32(22-29)41(31-17-15-28(16-18-31)40-34-14-7-21-37-34)33-13-6-11-30(23-33)39-25-27-9-2-4-20-36-27/h1-6,8-13,15-20,22-23,34H,7,14,21,24-25H2/q+1. The van der Waals surface area contributed by atoms with Gasteiger partial charge in [0.2, 0.25) is 0 Å². The zero-order valence-electron chi connectivity index (χ0n) is 22.6. The zero-order valence-corrected chi connectivity index (χ0v) is 23.4. The summed E-state index contributed by atoms with van der Waals surface area (Å²) in [7, 11) is -0.422. The molecule has 0 N–H and O–H groups in total. The Labute approximate surface area is 243 Å². The van der Waals surface area contributed by atoms with Gasteiger partial charge in [-0.25, -0.2) is 0 Å². The van der Waals surface area contributed by atoms with Crippen LogP contribution in [0.4, 0.5) is 0 Å². The summed E-state index contributed by atoms with van der Waals surface area (Å²) in [6.45, 7) is 1.57. The van der Waals surface area contributed by atoms with Crippen molar-refractivity contribution < 1.29 is 18.9 Å². The van der Waals surface area contributed by atoms with Gasteiger partial charge in [-0.15, -0.1) is 0 Å². The first-order chi connectivity index (χ1) is 20.3. The molecule has 0 amide bonds. The number of pyridine rings is 2. The van der Waals surface area contributed by atoms with Gasteiger partial charge in [0.25, 0.3) is 0 Å². The Morgan fingerprint density at radius 3 is 1.76 bits per heavy atom. The molecule has 1 aliphatic heterocycles. The zero-order chi connectivity index (χ0) is 27.7. The van der Waals surface area contributed by atoms with Gasteiger partial charge in [0.05, 0.1) is 28.9 Å². The lowest BCUT2D eigenvalue weighted by Gasteiger charge is -2.14. The molecule has 6 rings (SSSR count). The van der Waals surface area contributed by atoms with Crippen LogP contribution >= 0.6 is 0 Å². The molecule has 7 heteroatoms. The Morgan fingerprint density at radius 1 is 0.634 bits per heavy atom. The Hall–Kier alpha value is -4.33. The number of benzene rings is 3. The maximum absolute atomic E-state index is 6.14. The van der Waals surface area contributed by atoms with Crippen LogP contribution in [0.25, 0.3) is 0 Å². The number of nitrogens with zero attached hydrogens (tertiary/aromatic N) is 2. The smallest absolute Gasteiger partial charge is 0.199 e. The number of rotatable bonds is 11. The predicted molar refractivity (Wildman–Crippen MR) is 158 cm³/mol. The van der Waals surface area contributed by atoms with E-state index < -0.39 is 10.9 Å². The van der Waals surface area contributed by atoms with E-state index >= 15 is 0 Å². The van der Waals surface area contributed by atoms with Gasteiger partial charge >= 0.3 is 0 Å². The monoisotopic (exact) mass is 563 g/mol. The third-order valence-electron chi connectivity index (χ3n) is 6.52. The lowest BCUT2D eigenvalue weighted by molar-refractivity contribution is -0.0390. The van der Waals surface area contributed by atoms with Crippen molar-refractivity contribution in [2.75, 3.05) is 6.61 Å². The summed E-state index contributed by atoms with van der Waals surface area (Å²) in [5.41, 5.74) is 1.77. The molecule has 0 bridgehead atoms. The van der Waals surface area contributed by atoms with Gasteiger partial charge in [0.1, 0.15) is 30.5 Å². The highest BCUT2D eigenvalue weighted by molar-refractivity contribution is 7.97. The average molecular weight is 564 g/mol. The molecule has 1 saturated heterocycles. The fraction of sp³-hybridized carbons (Fsp3) is 0.176. The first kappa shape index (κ1) is 26.9. The van der Waals surface area contributed by atoms with Crippen LogP contribution in [0.1, 0.15) is 24.2 Å². The van der Waals surface area contributed by atoms with Crippen molar-refractivity contribution in [2.45, 2.75) is 47.0 Å². The van der Waals surface area contributed by atoms with Crippen LogP contribution in [0.5, 0.6) is 17.2 Å². The van der Waals surface area contributed by atoms with Crippen molar-refractivity contribution in [1.29, 1.82) is 0 Å². The SMILES string of the molecule is c1ccc(COc2cccc([S+](c3ccc(OC4CCCO4)cc3)c3cccc(OCc4ccccn4)c3)c2)nc1. The van der Waals surface area contributed by atoms with E-state index in [1.807, 2.05) is 72.8 Å². The average Bonchev–Trinajstić information content (AvgIpc) is 3.55. The molecular weight excluding hydrogens is 532 g/mol. The van der Waals surface area contributed by atoms with Crippen LogP contribution in [0, 0.1) is 0 Å². The molecule has 41 heavy (non-hydrogen) atoms. The third-order valence-corrected chi connectivity index (χ3v) is 8.72. The molecule has 0 aliphatic carbocycles. The molecule has 5 aromatic rings. The van der Waals surface area contributed by atoms with Gasteiger partial charge in [0.15, 0.2) is 21.0 Å². The van der Waals surface area contributed by atoms with E-state index in [4.69, 9.17) is 18.9 Å². The van der Waals surface area contributed by atoms with E-state index in [1.54, 1.807) is 12.4 Å². The number of aromatic nitrogens is 2. The van der Waals surface area contributed by atoms with Gasteiger partial charge in [-0.3, -0.25) is 9.97 Å². The van der Waals surface area contributed by atoms with Gasteiger partial charge in [0, 0.05) is 30.9 Å². The van der Waals surface area contributed by atoms with Crippen molar-refractivity contribution >= 4 is 10.9 Å². The number of hydrogen-bond donors (Lipinski definition) is 0. The van der Waals surface area contributed by atoms with E-state index in [1.165, 1.54) is 0 Å². The molecule has 0 radical (unpaired) electrons. The van der Waals surface area contributed by atoms with Crippen LogP contribution in [0.3, 0.4) is 0 Å². The highest BCUT2D eigenvalue weighted by atomic mass is 32.2. The fourth-order valence-electron chi connectivity index (χ4n) is 4.52. The molecule has 6 nitrogen and oxygen atoms in total. The van der Waals surface area contributed by atoms with E-state index in [9.17, 15) is 0 Å². The normalized spacial score (nSPS) is 14.6. The van der Waals surface area contributed by atoms with E-state index in [0.29, 0.717) is 13.2 Å². The first-order valence-electron chi connectivity index (χ1n) is 13.7. The number of ether oxygens (including phenoxy) is 4. The summed E-state index contributed by atoms with van der Waals surface area (Å²) >= 11 is 0. The maximum atomic E-state index is 6.14. The van der Waals surface area contributed by atoms with E-state index in [2.05, 4.69) is 46.4 Å². The van der Waals surface area contributed by atoms with E-state index in [-0.39, 0.29) is 6.29 Å². The second-order valence-corrected chi connectivity index (χ2v) is 11.5. The van der Waals surface area contributed by atoms with Gasteiger partial charge in [-0.05, 0) is 79.2 Å². The topological polar surface area (TPSA) is 62.7 Å². The van der Waals surface area contributed by atoms with Gasteiger partial charge in [-0.1, -0.05) is 24.3 Å². The van der Waals surface area contributed by atoms with Gasteiger partial charge in [-0.2, -0.15) is 0 Å². The Kier molecular flexibility index (Phi) is 8.75. The van der Waals surface area contributed by atoms with Crippen LogP contribution in [-0.4, -0.2) is 22.9 Å². The Morgan fingerprint density at radius 2 is 1.24 bits per heavy atom. The summed E-state index contributed by atoms with van der Waals surface area (Å²) in [6.07, 6.45) is 5.34. The first-order valence-corrected chi connectivity index (χ1v) is 14.9. The summed E-state index contributed by atoms with van der Waals surface area (Å²) < 4.78 is 24.0. The molecule has 3 aromatic carbocycles. The second-order valence-electron chi connectivity index (χ2n) is 9.51. The molecule has 0 spiro atoms. The fourth-order valence-corrected chi connectivity index (χ4v) is 6.64. The van der Waals surface area contributed by atoms with Crippen molar-refractivity contribution in [2.24, 2.45) is 0 Å². The number of hydrogen-bond acceptors (Lipinski definition) is 6. The molecule has 1 atom stereocenters. The molecule has 206 valence electrons. The Bertz CT molecular complexity index is 1440. The molecule has 1 fully saturated rings. The summed E-state index contributed by atoms with van der Waals surface area (Å²) in [5.74, 6) is 2.40. The highest BCUT2D eigenvalue weighted by Crippen LogP contribution is 2.35. The summed E-state index contributed by atoms with van der Waals surface area (Å²) in [5, 5.41) is 0. The Balaban J connectivity index is 1.28. The lowest BCUT2D eigenvalue weighted by Crippen LogP contribution is -2.14. The van der Waals surface area contributed by atoms with Crippen LogP contribution in [0.15, 0.2) is 136 Å². The molecule has 2 aromatic heterocycles. The molecule has 1 unspecified atom stereocenters. The van der Waals surface area contributed by atoms with Crippen molar-refractivity contribution in [1.82, 2.24) is 9.97 Å². The minimum atomic E-state index is -0.422. The molecule has 0 saturated carbocycles. The van der Waals surface area contributed by atoms with Crippen LogP contribution in [-0.2, 0) is 28.8 Å². The lowest BCUT2D eigenvalue weighted by atomic mass is 10.3. The summed E-state index contributed by atoms with van der Waals surface area (Å²) in [6, 6.07) is 36.6. The largest absolute Gasteiger partial charge is 0.487 e. The van der Waals surface area contributed by atoms with E-state index in [0.717, 1.165) is 62.8 Å². The molecule has 3 heterocycles. The van der Waals surface area contributed by atoms with Crippen molar-refractivity contribution in [3.05, 3.63) is 133 Å². The van der Waals surface area contributed by atoms with Crippen LogP contribution in [0.2, 0.25) is 0 Å². The minimum Gasteiger partial charge on any atom is -0.487 e. The summed E-state index contributed by atoms with van der Waals surface area (Å²) in [4.78, 5) is 12.2. The minimum absolute atomic E-state index is 0.167. The van der Waals surface area contributed by atoms with Crippen LogP contribution < -0.4 is 14.2 Å².